The first-order valence-corrected chi connectivity index (χ1v) is 4.13. The molecule has 62 valence electrons. The molecule has 0 radical (unpaired) electrons. The van der Waals surface area contributed by atoms with E-state index in [4.69, 9.17) is 0 Å². The Hall–Kier alpha value is -1.31. The summed E-state index contributed by atoms with van der Waals surface area (Å²) in [5, 5.41) is 0. The van der Waals surface area contributed by atoms with Crippen LogP contribution in [0.15, 0.2) is 24.4 Å². The number of hydrogen-bond acceptors (Lipinski definition) is 0. The molecule has 0 saturated heterocycles. The molecule has 0 aliphatic heterocycles. The summed E-state index contributed by atoms with van der Waals surface area (Å²) in [7, 11) is 2.06. The van der Waals surface area contributed by atoms with Gasteiger partial charge in [-0.05, 0) is 19.1 Å². The van der Waals surface area contributed by atoms with Gasteiger partial charge < -0.3 is 0 Å². The van der Waals surface area contributed by atoms with Crippen LogP contribution in [-0.4, -0.2) is 4.40 Å². The second kappa shape index (κ2) is 2.34. The zero-order valence-electron chi connectivity index (χ0n) is 7.70. The van der Waals surface area contributed by atoms with Gasteiger partial charge in [-0.2, -0.15) is 0 Å². The monoisotopic (exact) mass is 161 g/mol. The smallest absolute Gasteiger partial charge is 0.240 e. The van der Waals surface area contributed by atoms with Crippen molar-refractivity contribution in [1.29, 1.82) is 0 Å². The Morgan fingerprint density at radius 2 is 1.92 bits per heavy atom. The Kier molecular flexibility index (Phi) is 1.43. The topological polar surface area (TPSA) is 8.29 Å². The summed E-state index contributed by atoms with van der Waals surface area (Å²) in [6.45, 7) is 4.25. The molecule has 12 heavy (non-hydrogen) atoms. The minimum Gasteiger partial charge on any atom is -0.240 e. The van der Waals surface area contributed by atoms with Crippen LogP contribution in [0.3, 0.4) is 0 Å². The lowest BCUT2D eigenvalue weighted by atomic mass is 10.4. The molecule has 0 bridgehead atoms. The lowest BCUT2D eigenvalue weighted by Crippen LogP contribution is -2.33. The fourth-order valence-corrected chi connectivity index (χ4v) is 1.58. The Labute approximate surface area is 72.1 Å². The van der Waals surface area contributed by atoms with Crippen molar-refractivity contribution in [2.45, 2.75) is 13.8 Å². The molecule has 0 aromatic carbocycles. The first kappa shape index (κ1) is 7.35. The van der Waals surface area contributed by atoms with Gasteiger partial charge in [-0.15, -0.1) is 0 Å². The summed E-state index contributed by atoms with van der Waals surface area (Å²) in [5.41, 5.74) is 2.56. The lowest BCUT2D eigenvalue weighted by molar-refractivity contribution is -0.681. The van der Waals surface area contributed by atoms with Crippen LogP contribution in [0.2, 0.25) is 0 Å². The highest BCUT2D eigenvalue weighted by Crippen LogP contribution is 2.08. The van der Waals surface area contributed by atoms with Gasteiger partial charge in [0.15, 0.2) is 0 Å². The fourth-order valence-electron chi connectivity index (χ4n) is 1.58. The SMILES string of the molecule is Cc1ccc2cc[n+](C)c(C)n12. The number of aromatic nitrogens is 2. The molecule has 0 atom stereocenters. The van der Waals surface area contributed by atoms with Gasteiger partial charge in [-0.25, -0.2) is 8.97 Å². The van der Waals surface area contributed by atoms with Crippen molar-refractivity contribution in [1.82, 2.24) is 4.40 Å². The number of fused-ring (bicyclic) bond motifs is 1. The van der Waals surface area contributed by atoms with E-state index in [1.165, 1.54) is 17.0 Å². The van der Waals surface area contributed by atoms with Gasteiger partial charge in [0.1, 0.15) is 11.2 Å². The first-order valence-electron chi connectivity index (χ1n) is 4.13. The molecule has 0 aliphatic carbocycles. The highest BCUT2D eigenvalue weighted by Gasteiger charge is 2.09. The Bertz CT molecular complexity index is 427. The van der Waals surface area contributed by atoms with Crippen LogP contribution in [0, 0.1) is 13.8 Å². The first-order chi connectivity index (χ1) is 5.70. The average Bonchev–Trinajstić information content (AvgIpc) is 2.41. The van der Waals surface area contributed by atoms with Gasteiger partial charge in [0.05, 0.1) is 13.2 Å². The van der Waals surface area contributed by atoms with Crippen LogP contribution in [-0.2, 0) is 7.05 Å². The minimum atomic E-state index is 1.26. The number of aryl methyl sites for hydroxylation is 3. The molecule has 2 heteroatoms. The van der Waals surface area contributed by atoms with Crippen LogP contribution in [0.4, 0.5) is 0 Å². The van der Waals surface area contributed by atoms with Crippen LogP contribution in [0.5, 0.6) is 0 Å². The van der Waals surface area contributed by atoms with Gasteiger partial charge in [0.25, 0.3) is 5.82 Å². The summed E-state index contributed by atoms with van der Waals surface area (Å²) in [6.07, 6.45) is 2.09. The van der Waals surface area contributed by atoms with Crippen molar-refractivity contribution in [3.63, 3.8) is 0 Å². The quantitative estimate of drug-likeness (QED) is 0.516. The van der Waals surface area contributed by atoms with Gasteiger partial charge in [-0.1, -0.05) is 0 Å². The van der Waals surface area contributed by atoms with Crippen molar-refractivity contribution in [2.24, 2.45) is 7.05 Å². The predicted molar refractivity (Wildman–Crippen MR) is 48.0 cm³/mol. The highest BCUT2D eigenvalue weighted by molar-refractivity contribution is 5.48. The van der Waals surface area contributed by atoms with Crippen LogP contribution < -0.4 is 4.57 Å². The molecule has 2 nitrogen and oxygen atoms in total. The van der Waals surface area contributed by atoms with Crippen molar-refractivity contribution in [3.8, 4) is 0 Å². The Balaban J connectivity index is 2.96. The summed E-state index contributed by atoms with van der Waals surface area (Å²) in [4.78, 5) is 0. The predicted octanol–water partition coefficient (Wildman–Crippen LogP) is 1.38. The summed E-state index contributed by atoms with van der Waals surface area (Å²) >= 11 is 0. The van der Waals surface area contributed by atoms with Crippen molar-refractivity contribution >= 4 is 5.52 Å². The maximum Gasteiger partial charge on any atom is 0.258 e. The lowest BCUT2D eigenvalue weighted by Gasteiger charge is -1.98. The summed E-state index contributed by atoms with van der Waals surface area (Å²) in [5.74, 6) is 1.26. The maximum absolute atomic E-state index is 2.25. The number of rotatable bonds is 0. The van der Waals surface area contributed by atoms with Gasteiger partial charge in [-0.3, -0.25) is 0 Å². The van der Waals surface area contributed by atoms with E-state index >= 15 is 0 Å². The standard InChI is InChI=1S/C10H13N2/c1-8-4-5-10-6-7-11(3)9(2)12(8)10/h4-7H,1-3H3/q+1. The van der Waals surface area contributed by atoms with Gasteiger partial charge in [0, 0.05) is 13.0 Å². The molecular weight excluding hydrogens is 148 g/mol. The van der Waals surface area contributed by atoms with Crippen molar-refractivity contribution in [3.05, 3.63) is 35.9 Å². The third-order valence-electron chi connectivity index (χ3n) is 2.41. The van der Waals surface area contributed by atoms with Gasteiger partial charge >= 0.3 is 0 Å². The van der Waals surface area contributed by atoms with Crippen LogP contribution in [0.25, 0.3) is 5.52 Å². The third-order valence-corrected chi connectivity index (χ3v) is 2.41. The Morgan fingerprint density at radius 1 is 1.17 bits per heavy atom. The number of hydrogen-bond donors (Lipinski definition) is 0. The van der Waals surface area contributed by atoms with Gasteiger partial charge in [0.2, 0.25) is 0 Å². The van der Waals surface area contributed by atoms with E-state index in [9.17, 15) is 0 Å². The zero-order chi connectivity index (χ0) is 8.72. The molecule has 2 heterocycles. The molecule has 2 aromatic heterocycles. The van der Waals surface area contributed by atoms with E-state index < -0.39 is 0 Å². The molecule has 0 spiro atoms. The normalized spacial score (nSPS) is 10.9. The fraction of sp³-hybridized carbons (Fsp3) is 0.300. The molecular formula is C10H13N2+. The maximum atomic E-state index is 2.25. The minimum absolute atomic E-state index is 1.26. The van der Waals surface area contributed by atoms with E-state index in [-0.39, 0.29) is 0 Å². The largest absolute Gasteiger partial charge is 0.258 e. The molecule has 0 aliphatic rings. The van der Waals surface area contributed by atoms with E-state index in [0.29, 0.717) is 0 Å². The van der Waals surface area contributed by atoms with Crippen molar-refractivity contribution < 1.29 is 4.57 Å². The highest BCUT2D eigenvalue weighted by atomic mass is 15.1. The molecule has 2 rings (SSSR count). The average molecular weight is 161 g/mol. The zero-order valence-corrected chi connectivity index (χ0v) is 7.70. The van der Waals surface area contributed by atoms with Crippen LogP contribution in [0.1, 0.15) is 11.5 Å². The molecule has 0 fully saturated rings. The molecule has 0 N–H and O–H groups in total. The summed E-state index contributed by atoms with van der Waals surface area (Å²) < 4.78 is 4.38. The van der Waals surface area contributed by atoms with Crippen LogP contribution >= 0.6 is 0 Å². The second-order valence-corrected chi connectivity index (χ2v) is 3.21. The Morgan fingerprint density at radius 3 is 2.67 bits per heavy atom. The van der Waals surface area contributed by atoms with Crippen molar-refractivity contribution in [2.75, 3.05) is 0 Å². The molecule has 0 amide bonds. The van der Waals surface area contributed by atoms with E-state index in [1.807, 2.05) is 0 Å². The third kappa shape index (κ3) is 0.843. The van der Waals surface area contributed by atoms with E-state index in [1.54, 1.807) is 0 Å². The molecule has 0 unspecified atom stereocenters. The summed E-state index contributed by atoms with van der Waals surface area (Å²) in [6, 6.07) is 6.41. The number of nitrogens with zero attached hydrogens (tertiary/aromatic N) is 2. The molecule has 2 aromatic rings. The van der Waals surface area contributed by atoms with E-state index in [2.05, 4.69) is 54.3 Å². The molecule has 0 saturated carbocycles. The van der Waals surface area contributed by atoms with E-state index in [0.717, 1.165) is 0 Å². The second-order valence-electron chi connectivity index (χ2n) is 3.21.